The Morgan fingerprint density at radius 3 is 1.29 bits per heavy atom. The summed E-state index contributed by atoms with van der Waals surface area (Å²) in [4.78, 5) is 51.1. The van der Waals surface area contributed by atoms with Crippen LogP contribution in [0, 0.1) is 23.7 Å². The first-order valence-electron chi connectivity index (χ1n) is 14.2. The minimum absolute atomic E-state index is 0.0279. The normalized spacial score (nSPS) is 13.4. The van der Waals surface area contributed by atoms with Crippen LogP contribution in [-0.2, 0) is 19.1 Å². The number of carbonyl (C=O) groups is 4. The summed E-state index contributed by atoms with van der Waals surface area (Å²) in [5.74, 6) is 0.846. The van der Waals surface area contributed by atoms with Crippen molar-refractivity contribution in [1.29, 1.82) is 0 Å². The van der Waals surface area contributed by atoms with E-state index >= 15 is 0 Å². The van der Waals surface area contributed by atoms with Crippen LogP contribution < -0.4 is 0 Å². The van der Waals surface area contributed by atoms with Gasteiger partial charge in [0, 0.05) is 24.0 Å². The van der Waals surface area contributed by atoms with Gasteiger partial charge in [-0.05, 0) is 55.4 Å². The predicted molar refractivity (Wildman–Crippen MR) is 152 cm³/mol. The van der Waals surface area contributed by atoms with Crippen LogP contribution in [0.15, 0.2) is 24.3 Å². The van der Waals surface area contributed by atoms with Gasteiger partial charge < -0.3 is 9.47 Å². The molecule has 1 rings (SSSR count). The van der Waals surface area contributed by atoms with Crippen LogP contribution in [0.5, 0.6) is 0 Å². The Bertz CT molecular complexity index is 830. The van der Waals surface area contributed by atoms with E-state index in [1.165, 1.54) is 6.07 Å². The fraction of sp³-hybridized carbons (Fsp3) is 0.688. The lowest BCUT2D eigenvalue weighted by Crippen LogP contribution is -2.29. The number of hydrogen-bond acceptors (Lipinski definition) is 6. The van der Waals surface area contributed by atoms with Gasteiger partial charge >= 0.3 is 0 Å². The van der Waals surface area contributed by atoms with Crippen LogP contribution in [0.4, 0.5) is 0 Å². The monoisotopic (exact) mass is 530 g/mol. The molecule has 0 aliphatic rings. The number of ether oxygens (including phenoxy) is 2. The van der Waals surface area contributed by atoms with Crippen LogP contribution in [0.3, 0.4) is 0 Å². The topological polar surface area (TPSA) is 86.7 Å². The largest absolute Gasteiger partial charge is 0.362 e. The van der Waals surface area contributed by atoms with Crippen molar-refractivity contribution < 1.29 is 28.7 Å². The molecule has 0 aromatic heterocycles. The summed E-state index contributed by atoms with van der Waals surface area (Å²) < 4.78 is 11.6. The average molecular weight is 531 g/mol. The Morgan fingerprint density at radius 1 is 0.605 bits per heavy atom. The molecular formula is C32H50O6. The molecule has 0 saturated carbocycles. The van der Waals surface area contributed by atoms with E-state index in [-0.39, 0.29) is 48.2 Å². The lowest BCUT2D eigenvalue weighted by atomic mass is 9.97. The molecule has 0 N–H and O–H groups in total. The second-order valence-electron chi connectivity index (χ2n) is 12.1. The Hall–Kier alpha value is -2.18. The standard InChI is InChI=1S/C32H50O6/c1-21(2)12-14-27(33)31(16-23(5)6)37-19-29(35)25-10-9-11-26(18-25)30(36)20-38-32(17-24(7)8)28(34)15-13-22(3)4/h9-11,18,21-24,31-32H,12-17,19-20H2,1-8H3/t31-,32-/m1/s1. The maximum absolute atomic E-state index is 12.9. The van der Waals surface area contributed by atoms with Gasteiger partial charge in [-0.1, -0.05) is 73.6 Å². The minimum Gasteiger partial charge on any atom is -0.362 e. The lowest BCUT2D eigenvalue weighted by molar-refractivity contribution is -0.131. The SMILES string of the molecule is CC(C)CCC(=O)[C@@H](CC(C)C)OCC(=O)c1cccc(C(=O)CO[C@H](CC(C)C)C(=O)CCC(C)C)c1. The number of carbonyl (C=O) groups excluding carboxylic acids is 4. The molecule has 0 unspecified atom stereocenters. The zero-order valence-corrected chi connectivity index (χ0v) is 24.9. The van der Waals surface area contributed by atoms with Gasteiger partial charge in [-0.15, -0.1) is 0 Å². The molecule has 0 aliphatic heterocycles. The van der Waals surface area contributed by atoms with E-state index < -0.39 is 12.2 Å². The number of benzene rings is 1. The van der Waals surface area contributed by atoms with Crippen LogP contribution in [-0.4, -0.2) is 48.6 Å². The van der Waals surface area contributed by atoms with Crippen molar-refractivity contribution in [3.63, 3.8) is 0 Å². The molecular weight excluding hydrogens is 480 g/mol. The highest BCUT2D eigenvalue weighted by Crippen LogP contribution is 2.17. The summed E-state index contributed by atoms with van der Waals surface area (Å²) in [5, 5.41) is 0. The highest BCUT2D eigenvalue weighted by molar-refractivity contribution is 6.02. The smallest absolute Gasteiger partial charge is 0.188 e. The third-order valence-corrected chi connectivity index (χ3v) is 6.36. The van der Waals surface area contributed by atoms with E-state index in [4.69, 9.17) is 9.47 Å². The number of hydrogen-bond donors (Lipinski definition) is 0. The molecule has 2 atom stereocenters. The van der Waals surface area contributed by atoms with Crippen molar-refractivity contribution in [3.8, 4) is 0 Å². The van der Waals surface area contributed by atoms with E-state index in [2.05, 4.69) is 27.7 Å². The molecule has 1 aromatic rings. The van der Waals surface area contributed by atoms with Crippen LogP contribution in [0.1, 0.15) is 115 Å². The fourth-order valence-corrected chi connectivity index (χ4v) is 4.01. The lowest BCUT2D eigenvalue weighted by Gasteiger charge is -2.19. The van der Waals surface area contributed by atoms with Gasteiger partial charge in [0.2, 0.25) is 0 Å². The number of ketones is 4. The Labute approximate surface area is 230 Å². The molecule has 0 radical (unpaired) electrons. The molecule has 0 amide bonds. The molecule has 6 nitrogen and oxygen atoms in total. The molecule has 0 fully saturated rings. The molecule has 0 saturated heterocycles. The molecule has 1 aromatic carbocycles. The van der Waals surface area contributed by atoms with Gasteiger partial charge in [0.15, 0.2) is 23.1 Å². The first-order valence-corrected chi connectivity index (χ1v) is 14.2. The Balaban J connectivity index is 2.81. The van der Waals surface area contributed by atoms with E-state index in [1.807, 2.05) is 27.7 Å². The molecule has 6 heteroatoms. The van der Waals surface area contributed by atoms with Crippen molar-refractivity contribution >= 4 is 23.1 Å². The molecule has 0 spiro atoms. The summed E-state index contributed by atoms with van der Waals surface area (Å²) >= 11 is 0. The van der Waals surface area contributed by atoms with Crippen LogP contribution >= 0.6 is 0 Å². The van der Waals surface area contributed by atoms with Crippen molar-refractivity contribution in [2.45, 2.75) is 106 Å². The minimum atomic E-state index is -0.609. The van der Waals surface area contributed by atoms with Crippen LogP contribution in [0.2, 0.25) is 0 Å². The second kappa shape index (κ2) is 17.4. The van der Waals surface area contributed by atoms with Crippen molar-refractivity contribution in [1.82, 2.24) is 0 Å². The summed E-state index contributed by atoms with van der Waals surface area (Å²) in [7, 11) is 0. The van der Waals surface area contributed by atoms with E-state index in [1.54, 1.807) is 18.2 Å². The molecule has 0 bridgehead atoms. The zero-order valence-electron chi connectivity index (χ0n) is 24.9. The van der Waals surface area contributed by atoms with E-state index in [0.717, 1.165) is 12.8 Å². The quantitative estimate of drug-likeness (QED) is 0.170. The van der Waals surface area contributed by atoms with Crippen molar-refractivity contribution in [3.05, 3.63) is 35.4 Å². The second-order valence-corrected chi connectivity index (χ2v) is 12.1. The Morgan fingerprint density at radius 2 is 0.974 bits per heavy atom. The third-order valence-electron chi connectivity index (χ3n) is 6.36. The van der Waals surface area contributed by atoms with E-state index in [9.17, 15) is 19.2 Å². The fourth-order valence-electron chi connectivity index (χ4n) is 4.01. The van der Waals surface area contributed by atoms with Gasteiger partial charge in [-0.3, -0.25) is 19.2 Å². The van der Waals surface area contributed by atoms with Crippen molar-refractivity contribution in [2.75, 3.05) is 13.2 Å². The maximum atomic E-state index is 12.9. The average Bonchev–Trinajstić information content (AvgIpc) is 2.85. The summed E-state index contributed by atoms with van der Waals surface area (Å²) in [6.07, 6.45) is 2.36. The summed E-state index contributed by atoms with van der Waals surface area (Å²) in [6.45, 7) is 15.9. The first-order chi connectivity index (χ1) is 17.8. The zero-order chi connectivity index (χ0) is 28.8. The van der Waals surface area contributed by atoms with Gasteiger partial charge in [0.05, 0.1) is 0 Å². The molecule has 0 heterocycles. The summed E-state index contributed by atoms with van der Waals surface area (Å²) in [6, 6.07) is 6.46. The van der Waals surface area contributed by atoms with Crippen LogP contribution in [0.25, 0.3) is 0 Å². The van der Waals surface area contributed by atoms with E-state index in [0.29, 0.717) is 48.6 Å². The third kappa shape index (κ3) is 13.6. The van der Waals surface area contributed by atoms with Gasteiger partial charge in [0.1, 0.15) is 25.4 Å². The highest BCUT2D eigenvalue weighted by atomic mass is 16.5. The van der Waals surface area contributed by atoms with Gasteiger partial charge in [-0.2, -0.15) is 0 Å². The highest BCUT2D eigenvalue weighted by Gasteiger charge is 2.24. The predicted octanol–water partition coefficient (Wildman–Crippen LogP) is 6.93. The maximum Gasteiger partial charge on any atom is 0.188 e. The van der Waals surface area contributed by atoms with Gasteiger partial charge in [-0.25, -0.2) is 0 Å². The molecule has 0 aliphatic carbocycles. The number of Topliss-reactive ketones (excluding diaryl/α,β-unsaturated/α-hetero) is 4. The van der Waals surface area contributed by atoms with Crippen molar-refractivity contribution in [2.24, 2.45) is 23.7 Å². The number of rotatable bonds is 20. The molecule has 214 valence electrons. The first kappa shape index (κ1) is 33.8. The van der Waals surface area contributed by atoms with Gasteiger partial charge in [0.25, 0.3) is 0 Å². The Kier molecular flexibility index (Phi) is 15.5. The molecule has 38 heavy (non-hydrogen) atoms. The summed E-state index contributed by atoms with van der Waals surface area (Å²) in [5.41, 5.74) is 0.695.